The summed E-state index contributed by atoms with van der Waals surface area (Å²) in [7, 11) is 0. The van der Waals surface area contributed by atoms with Crippen molar-refractivity contribution in [2.45, 2.75) is 6.54 Å². The predicted molar refractivity (Wildman–Crippen MR) is 127 cm³/mol. The fourth-order valence-corrected chi connectivity index (χ4v) is 3.95. The smallest absolute Gasteiger partial charge is 0.358 e. The van der Waals surface area contributed by atoms with Crippen LogP contribution in [0.5, 0.6) is 5.75 Å². The molecule has 1 aromatic carbocycles. The van der Waals surface area contributed by atoms with Crippen molar-refractivity contribution < 1.29 is 15.0 Å². The summed E-state index contributed by atoms with van der Waals surface area (Å²) >= 11 is 0. The number of hydrogen-bond acceptors (Lipinski definition) is 6. The molecule has 0 aliphatic rings. The van der Waals surface area contributed by atoms with E-state index in [0.717, 1.165) is 5.56 Å². The van der Waals surface area contributed by atoms with E-state index in [-0.39, 0.29) is 28.7 Å². The third-order valence-corrected chi connectivity index (χ3v) is 5.51. The van der Waals surface area contributed by atoms with Crippen LogP contribution in [0, 0.1) is 0 Å². The maximum absolute atomic E-state index is 13.8. The Morgan fingerprint density at radius 3 is 2.21 bits per heavy atom. The maximum atomic E-state index is 13.8. The van der Waals surface area contributed by atoms with Gasteiger partial charge in [0.05, 0.1) is 17.8 Å². The third kappa shape index (κ3) is 3.67. The van der Waals surface area contributed by atoms with Crippen LogP contribution in [0.4, 0.5) is 0 Å². The molecule has 0 atom stereocenters. The predicted octanol–water partition coefficient (Wildman–Crippen LogP) is 3.97. The Bertz CT molecular complexity index is 1570. The first-order valence-electron chi connectivity index (χ1n) is 10.4. The van der Waals surface area contributed by atoms with Crippen LogP contribution < -0.4 is 5.56 Å². The molecule has 0 unspecified atom stereocenters. The molecule has 0 radical (unpaired) electrons. The lowest BCUT2D eigenvalue weighted by molar-refractivity contribution is 0.0687. The lowest BCUT2D eigenvalue weighted by Crippen LogP contribution is -2.24. The van der Waals surface area contributed by atoms with E-state index in [2.05, 4.69) is 15.0 Å². The fourth-order valence-electron chi connectivity index (χ4n) is 3.95. The number of benzene rings is 1. The van der Waals surface area contributed by atoms with E-state index in [1.807, 2.05) is 30.3 Å². The summed E-state index contributed by atoms with van der Waals surface area (Å²) in [5.74, 6) is -1.89. The van der Waals surface area contributed by atoms with Gasteiger partial charge in [-0.25, -0.2) is 9.78 Å². The number of carbonyl (C=O) groups is 1. The maximum Gasteiger partial charge on any atom is 0.358 e. The lowest BCUT2D eigenvalue weighted by atomic mass is 10.0. The van der Waals surface area contributed by atoms with Crippen molar-refractivity contribution in [3.8, 4) is 28.1 Å². The quantitative estimate of drug-likeness (QED) is 0.416. The monoisotopic (exact) mass is 450 g/mol. The molecule has 0 spiro atoms. The van der Waals surface area contributed by atoms with E-state index in [4.69, 9.17) is 0 Å². The Labute approximate surface area is 193 Å². The molecule has 0 fully saturated rings. The van der Waals surface area contributed by atoms with E-state index in [1.165, 1.54) is 16.8 Å². The zero-order valence-electron chi connectivity index (χ0n) is 17.8. The minimum absolute atomic E-state index is 0.186. The molecule has 0 saturated heterocycles. The minimum atomic E-state index is -1.38. The number of pyridine rings is 4. The van der Waals surface area contributed by atoms with Crippen LogP contribution in [0.15, 0.2) is 90.2 Å². The average molecular weight is 450 g/mol. The van der Waals surface area contributed by atoms with Crippen molar-refractivity contribution in [1.82, 2.24) is 19.5 Å². The molecule has 34 heavy (non-hydrogen) atoms. The number of aromatic nitrogens is 4. The minimum Gasteiger partial charge on any atom is -0.505 e. The van der Waals surface area contributed by atoms with Gasteiger partial charge in [0.25, 0.3) is 5.56 Å². The summed E-state index contributed by atoms with van der Waals surface area (Å²) in [6, 6.07) is 17.8. The van der Waals surface area contributed by atoms with Crippen LogP contribution >= 0.6 is 0 Å². The van der Waals surface area contributed by atoms with Crippen LogP contribution in [0.2, 0.25) is 0 Å². The molecule has 4 heterocycles. The molecule has 166 valence electrons. The molecule has 2 N–H and O–H groups in total. The molecule has 0 saturated carbocycles. The second-order valence-corrected chi connectivity index (χ2v) is 7.64. The summed E-state index contributed by atoms with van der Waals surface area (Å²) in [6.07, 6.45) is 6.27. The number of carboxylic acids is 1. The number of aromatic hydroxyl groups is 1. The SMILES string of the molecule is O=C(O)c1nc(-c2cccnc2)c2c(cc(-c3cccnc3)c(=O)n2Cc2ccccc2)c1O. The zero-order valence-corrected chi connectivity index (χ0v) is 17.8. The highest BCUT2D eigenvalue weighted by molar-refractivity contribution is 6.03. The van der Waals surface area contributed by atoms with Gasteiger partial charge in [0.15, 0.2) is 11.4 Å². The van der Waals surface area contributed by atoms with Crippen LogP contribution in [0.3, 0.4) is 0 Å². The fraction of sp³-hybridized carbons (Fsp3) is 0.0385. The van der Waals surface area contributed by atoms with Gasteiger partial charge in [0, 0.05) is 46.9 Å². The van der Waals surface area contributed by atoms with Gasteiger partial charge in [-0.15, -0.1) is 0 Å². The highest BCUT2D eigenvalue weighted by Crippen LogP contribution is 2.36. The summed E-state index contributed by atoms with van der Waals surface area (Å²) in [5.41, 5.74) is 1.94. The van der Waals surface area contributed by atoms with Crippen LogP contribution in [0.25, 0.3) is 33.3 Å². The van der Waals surface area contributed by atoms with E-state index in [0.29, 0.717) is 16.6 Å². The van der Waals surface area contributed by atoms with Crippen molar-refractivity contribution in [3.63, 3.8) is 0 Å². The molecular formula is C26H18N4O4. The topological polar surface area (TPSA) is 118 Å². The number of carboxylic acid groups (broad SMARTS) is 1. The Hall–Kier alpha value is -4.85. The standard InChI is InChI=1S/C26H18N4O4/c31-24-20-12-19(17-8-4-10-27-13-17)25(32)30(15-16-6-2-1-3-7-16)23(20)21(29-22(24)26(33)34)18-9-5-11-28-14-18/h1-14,31H,15H2,(H,33,34). The van der Waals surface area contributed by atoms with Gasteiger partial charge in [-0.05, 0) is 29.8 Å². The number of nitrogens with zero attached hydrogens (tertiary/aromatic N) is 4. The van der Waals surface area contributed by atoms with Crippen LogP contribution in [-0.2, 0) is 6.54 Å². The molecule has 4 aromatic heterocycles. The Morgan fingerprint density at radius 2 is 1.59 bits per heavy atom. The first-order valence-corrected chi connectivity index (χ1v) is 10.4. The molecule has 0 aliphatic heterocycles. The molecule has 8 heteroatoms. The van der Waals surface area contributed by atoms with Gasteiger partial charge in [0.1, 0.15) is 0 Å². The molecule has 5 rings (SSSR count). The highest BCUT2D eigenvalue weighted by atomic mass is 16.4. The van der Waals surface area contributed by atoms with Crippen molar-refractivity contribution in [3.05, 3.63) is 107 Å². The normalized spacial score (nSPS) is 10.9. The molecule has 8 nitrogen and oxygen atoms in total. The van der Waals surface area contributed by atoms with Crippen LogP contribution in [0.1, 0.15) is 16.1 Å². The van der Waals surface area contributed by atoms with E-state index >= 15 is 0 Å². The molecule has 0 aliphatic carbocycles. The van der Waals surface area contributed by atoms with Gasteiger partial charge in [-0.3, -0.25) is 14.8 Å². The van der Waals surface area contributed by atoms with E-state index < -0.39 is 17.4 Å². The molecule has 5 aromatic rings. The second-order valence-electron chi connectivity index (χ2n) is 7.64. The number of rotatable bonds is 5. The Kier molecular flexibility index (Phi) is 5.31. The first-order chi connectivity index (χ1) is 16.5. The number of fused-ring (bicyclic) bond motifs is 1. The zero-order chi connectivity index (χ0) is 23.7. The third-order valence-electron chi connectivity index (χ3n) is 5.51. The summed E-state index contributed by atoms with van der Waals surface area (Å²) in [5, 5.41) is 20.9. The van der Waals surface area contributed by atoms with E-state index in [9.17, 15) is 19.8 Å². The largest absolute Gasteiger partial charge is 0.505 e. The number of hydrogen-bond donors (Lipinski definition) is 2. The molecule has 0 bridgehead atoms. The Morgan fingerprint density at radius 1 is 0.912 bits per heavy atom. The van der Waals surface area contributed by atoms with Gasteiger partial charge in [-0.2, -0.15) is 0 Å². The summed E-state index contributed by atoms with van der Waals surface area (Å²) < 4.78 is 1.51. The van der Waals surface area contributed by atoms with Crippen molar-refractivity contribution in [2.24, 2.45) is 0 Å². The van der Waals surface area contributed by atoms with Gasteiger partial charge in [0.2, 0.25) is 0 Å². The van der Waals surface area contributed by atoms with Gasteiger partial charge < -0.3 is 14.8 Å². The first kappa shape index (κ1) is 21.0. The highest BCUT2D eigenvalue weighted by Gasteiger charge is 2.24. The average Bonchev–Trinajstić information content (AvgIpc) is 2.87. The van der Waals surface area contributed by atoms with Crippen molar-refractivity contribution in [2.75, 3.05) is 0 Å². The Balaban J connectivity index is 1.94. The summed E-state index contributed by atoms with van der Waals surface area (Å²) in [6.45, 7) is 0.186. The lowest BCUT2D eigenvalue weighted by Gasteiger charge is -2.18. The molecular weight excluding hydrogens is 432 g/mol. The van der Waals surface area contributed by atoms with Crippen molar-refractivity contribution >= 4 is 16.9 Å². The van der Waals surface area contributed by atoms with Crippen LogP contribution in [-0.4, -0.2) is 35.7 Å². The van der Waals surface area contributed by atoms with Gasteiger partial charge >= 0.3 is 5.97 Å². The summed E-state index contributed by atoms with van der Waals surface area (Å²) in [4.78, 5) is 38.2. The van der Waals surface area contributed by atoms with E-state index in [1.54, 1.807) is 42.9 Å². The van der Waals surface area contributed by atoms with Crippen molar-refractivity contribution in [1.29, 1.82) is 0 Å². The second kappa shape index (κ2) is 8.59. The van der Waals surface area contributed by atoms with Gasteiger partial charge in [-0.1, -0.05) is 36.4 Å². The molecule has 0 amide bonds. The number of aromatic carboxylic acids is 1.